The van der Waals surface area contributed by atoms with Crippen LogP contribution in [0, 0.1) is 0 Å². The number of hydrogen-bond donors (Lipinski definition) is 0. The SMILES string of the molecule is COc1cc(C=O)ccc1OCC(=O)OCn1nnc2ccccc2c1=O. The van der Waals surface area contributed by atoms with Crippen molar-refractivity contribution in [3.8, 4) is 11.5 Å². The van der Waals surface area contributed by atoms with E-state index in [9.17, 15) is 14.4 Å². The molecule has 0 aliphatic carbocycles. The van der Waals surface area contributed by atoms with Gasteiger partial charge in [0, 0.05) is 5.56 Å². The normalized spacial score (nSPS) is 10.4. The molecule has 0 radical (unpaired) electrons. The van der Waals surface area contributed by atoms with E-state index in [0.717, 1.165) is 4.68 Å². The van der Waals surface area contributed by atoms with E-state index in [2.05, 4.69) is 10.3 Å². The second-order valence-electron chi connectivity index (χ2n) is 5.37. The van der Waals surface area contributed by atoms with Crippen LogP contribution in [0.15, 0.2) is 47.3 Å². The smallest absolute Gasteiger partial charge is 0.345 e. The number of aromatic nitrogens is 3. The summed E-state index contributed by atoms with van der Waals surface area (Å²) in [7, 11) is 1.42. The minimum absolute atomic E-state index is 0.280. The van der Waals surface area contributed by atoms with Gasteiger partial charge >= 0.3 is 5.97 Å². The molecular formula is C18H15N3O6. The zero-order chi connectivity index (χ0) is 19.2. The second-order valence-corrected chi connectivity index (χ2v) is 5.37. The molecule has 0 aliphatic rings. The highest BCUT2D eigenvalue weighted by atomic mass is 16.6. The van der Waals surface area contributed by atoms with Gasteiger partial charge in [-0.15, -0.1) is 5.10 Å². The first-order chi connectivity index (χ1) is 13.1. The van der Waals surface area contributed by atoms with Crippen molar-refractivity contribution in [1.82, 2.24) is 15.0 Å². The van der Waals surface area contributed by atoms with Gasteiger partial charge in [0.2, 0.25) is 0 Å². The van der Waals surface area contributed by atoms with Crippen molar-refractivity contribution in [2.45, 2.75) is 6.73 Å². The van der Waals surface area contributed by atoms with Crippen molar-refractivity contribution < 1.29 is 23.8 Å². The van der Waals surface area contributed by atoms with Crippen LogP contribution in [0.5, 0.6) is 11.5 Å². The van der Waals surface area contributed by atoms with Gasteiger partial charge in [0.15, 0.2) is 24.8 Å². The summed E-state index contributed by atoms with van der Waals surface area (Å²) in [6.07, 6.45) is 0.670. The van der Waals surface area contributed by atoms with Crippen LogP contribution < -0.4 is 15.0 Å². The van der Waals surface area contributed by atoms with Gasteiger partial charge in [0.1, 0.15) is 11.8 Å². The Morgan fingerprint density at radius 1 is 1.19 bits per heavy atom. The summed E-state index contributed by atoms with van der Waals surface area (Å²) in [4.78, 5) is 34.9. The number of carbonyl (C=O) groups is 2. The molecule has 0 bridgehead atoms. The van der Waals surface area contributed by atoms with Crippen LogP contribution in [0.3, 0.4) is 0 Å². The molecule has 9 nitrogen and oxygen atoms in total. The van der Waals surface area contributed by atoms with Crippen molar-refractivity contribution in [3.05, 3.63) is 58.4 Å². The molecule has 0 fully saturated rings. The van der Waals surface area contributed by atoms with Crippen molar-refractivity contribution in [2.75, 3.05) is 13.7 Å². The molecule has 3 aromatic rings. The summed E-state index contributed by atoms with van der Waals surface area (Å²) in [6.45, 7) is -0.799. The van der Waals surface area contributed by atoms with Crippen molar-refractivity contribution >= 4 is 23.2 Å². The first-order valence-corrected chi connectivity index (χ1v) is 7.86. The molecule has 0 unspecified atom stereocenters. The molecule has 0 saturated carbocycles. The molecular weight excluding hydrogens is 354 g/mol. The third-order valence-corrected chi connectivity index (χ3v) is 3.65. The van der Waals surface area contributed by atoms with Crippen LogP contribution in [-0.2, 0) is 16.3 Å². The summed E-state index contributed by atoms with van der Waals surface area (Å²) in [5.41, 5.74) is 0.454. The monoisotopic (exact) mass is 369 g/mol. The third-order valence-electron chi connectivity index (χ3n) is 3.65. The van der Waals surface area contributed by atoms with Crippen LogP contribution >= 0.6 is 0 Å². The summed E-state index contributed by atoms with van der Waals surface area (Å²) < 4.78 is 16.4. The Morgan fingerprint density at radius 3 is 2.78 bits per heavy atom. The Kier molecular flexibility index (Phi) is 5.41. The lowest BCUT2D eigenvalue weighted by Gasteiger charge is -2.11. The lowest BCUT2D eigenvalue weighted by atomic mass is 10.2. The third kappa shape index (κ3) is 4.09. The minimum Gasteiger partial charge on any atom is -0.493 e. The van der Waals surface area contributed by atoms with E-state index in [1.165, 1.54) is 25.3 Å². The fourth-order valence-corrected chi connectivity index (χ4v) is 2.30. The molecule has 2 aromatic carbocycles. The number of rotatable bonds is 7. The number of nitrogens with zero attached hydrogens (tertiary/aromatic N) is 3. The molecule has 0 spiro atoms. The van der Waals surface area contributed by atoms with Crippen LogP contribution in [0.4, 0.5) is 0 Å². The summed E-state index contributed by atoms with van der Waals surface area (Å²) in [5.74, 6) is -0.120. The summed E-state index contributed by atoms with van der Waals surface area (Å²) in [6, 6.07) is 11.3. The fraction of sp³-hybridized carbons (Fsp3) is 0.167. The molecule has 0 amide bonds. The number of benzene rings is 2. The van der Waals surface area contributed by atoms with Crippen LogP contribution in [0.25, 0.3) is 10.9 Å². The maximum absolute atomic E-state index is 12.3. The molecule has 0 atom stereocenters. The van der Waals surface area contributed by atoms with Crippen LogP contribution in [0.1, 0.15) is 10.4 Å². The number of fused-ring (bicyclic) bond motifs is 1. The maximum Gasteiger partial charge on any atom is 0.345 e. The number of carbonyl (C=O) groups excluding carboxylic acids is 2. The average Bonchev–Trinajstić information content (AvgIpc) is 2.71. The van der Waals surface area contributed by atoms with Crippen LogP contribution in [-0.4, -0.2) is 41.0 Å². The van der Waals surface area contributed by atoms with Gasteiger partial charge < -0.3 is 14.2 Å². The number of aldehydes is 1. The molecule has 1 heterocycles. The summed E-state index contributed by atoms with van der Waals surface area (Å²) >= 11 is 0. The van der Waals surface area contributed by atoms with Gasteiger partial charge in [-0.1, -0.05) is 17.3 Å². The lowest BCUT2D eigenvalue weighted by molar-refractivity contribution is -0.150. The van der Waals surface area contributed by atoms with Crippen molar-refractivity contribution in [1.29, 1.82) is 0 Å². The quantitative estimate of drug-likeness (QED) is 0.451. The number of hydrogen-bond acceptors (Lipinski definition) is 8. The van der Waals surface area contributed by atoms with Gasteiger partial charge in [-0.05, 0) is 30.3 Å². The predicted molar refractivity (Wildman–Crippen MR) is 93.8 cm³/mol. The maximum atomic E-state index is 12.3. The standard InChI is InChI=1S/C18H15N3O6/c1-25-16-8-12(9-22)6-7-15(16)26-10-17(23)27-11-21-18(24)13-4-2-3-5-14(13)19-20-21/h2-9H,10-11H2,1H3. The van der Waals surface area contributed by atoms with Gasteiger partial charge in [-0.3, -0.25) is 9.59 Å². The zero-order valence-electron chi connectivity index (χ0n) is 14.3. The lowest BCUT2D eigenvalue weighted by Crippen LogP contribution is -2.27. The zero-order valence-corrected chi connectivity index (χ0v) is 14.3. The first kappa shape index (κ1) is 18.1. The highest BCUT2D eigenvalue weighted by Gasteiger charge is 2.11. The van der Waals surface area contributed by atoms with E-state index in [4.69, 9.17) is 14.2 Å². The highest BCUT2D eigenvalue weighted by molar-refractivity contribution is 5.77. The molecule has 0 aliphatic heterocycles. The minimum atomic E-state index is -0.710. The molecule has 27 heavy (non-hydrogen) atoms. The van der Waals surface area contributed by atoms with E-state index < -0.39 is 18.1 Å². The van der Waals surface area contributed by atoms with Gasteiger partial charge in [-0.25, -0.2) is 4.79 Å². The number of methoxy groups -OCH3 is 1. The Hall–Kier alpha value is -3.75. The molecule has 138 valence electrons. The Morgan fingerprint density at radius 2 is 2.00 bits per heavy atom. The van der Waals surface area contributed by atoms with E-state index >= 15 is 0 Å². The highest BCUT2D eigenvalue weighted by Crippen LogP contribution is 2.27. The van der Waals surface area contributed by atoms with Crippen molar-refractivity contribution in [3.63, 3.8) is 0 Å². The molecule has 0 saturated heterocycles. The number of esters is 1. The van der Waals surface area contributed by atoms with E-state index in [1.54, 1.807) is 24.3 Å². The van der Waals surface area contributed by atoms with E-state index in [-0.39, 0.29) is 12.5 Å². The van der Waals surface area contributed by atoms with Crippen molar-refractivity contribution in [2.24, 2.45) is 0 Å². The first-order valence-electron chi connectivity index (χ1n) is 7.86. The summed E-state index contributed by atoms with van der Waals surface area (Å²) in [5, 5.41) is 8.00. The Labute approximate surface area is 153 Å². The Balaban J connectivity index is 1.61. The topological polar surface area (TPSA) is 110 Å². The predicted octanol–water partition coefficient (Wildman–Crippen LogP) is 1.19. The molecule has 9 heteroatoms. The fourth-order valence-electron chi connectivity index (χ4n) is 2.30. The van der Waals surface area contributed by atoms with E-state index in [0.29, 0.717) is 28.5 Å². The van der Waals surface area contributed by atoms with Gasteiger partial charge in [0.25, 0.3) is 5.56 Å². The average molecular weight is 369 g/mol. The van der Waals surface area contributed by atoms with Gasteiger partial charge in [0.05, 0.1) is 12.5 Å². The second kappa shape index (κ2) is 8.09. The largest absolute Gasteiger partial charge is 0.493 e. The van der Waals surface area contributed by atoms with Gasteiger partial charge in [-0.2, -0.15) is 4.68 Å². The van der Waals surface area contributed by atoms with Crippen LogP contribution in [0.2, 0.25) is 0 Å². The molecule has 0 N–H and O–H groups in total. The molecule has 1 aromatic heterocycles. The number of ether oxygens (including phenoxy) is 3. The van der Waals surface area contributed by atoms with E-state index in [1.807, 2.05) is 0 Å². The Bertz CT molecular complexity index is 1050. The molecule has 3 rings (SSSR count).